The maximum absolute atomic E-state index is 12.0. The first-order valence-electron chi connectivity index (χ1n) is 5.17. The third kappa shape index (κ3) is 3.12. The molecular formula is C11H11F3N2O. The van der Waals surface area contributed by atoms with Crippen molar-refractivity contribution in [1.29, 1.82) is 0 Å². The first-order chi connectivity index (χ1) is 7.94. The monoisotopic (exact) mass is 244 g/mol. The molecule has 0 radical (unpaired) electrons. The average Bonchev–Trinajstić information content (AvgIpc) is 2.25. The molecule has 0 bridgehead atoms. The van der Waals surface area contributed by atoms with Gasteiger partial charge in [-0.25, -0.2) is 0 Å². The van der Waals surface area contributed by atoms with Gasteiger partial charge in [0, 0.05) is 17.8 Å². The second kappa shape index (κ2) is 4.27. The number of fused-ring (bicyclic) bond motifs is 1. The van der Waals surface area contributed by atoms with Crippen molar-refractivity contribution in [3.63, 3.8) is 0 Å². The number of alkyl halides is 3. The fourth-order valence-electron chi connectivity index (χ4n) is 1.70. The number of carbonyl (C=O) groups is 1. The summed E-state index contributed by atoms with van der Waals surface area (Å²) in [5.74, 6) is -0.0616. The Labute approximate surface area is 96.0 Å². The summed E-state index contributed by atoms with van der Waals surface area (Å²) < 4.78 is 36.0. The van der Waals surface area contributed by atoms with Gasteiger partial charge in [-0.2, -0.15) is 13.2 Å². The zero-order chi connectivity index (χ0) is 12.5. The molecule has 0 saturated carbocycles. The molecule has 0 aromatic heterocycles. The van der Waals surface area contributed by atoms with Crippen LogP contribution in [0.4, 0.5) is 24.5 Å². The molecule has 92 valence electrons. The van der Waals surface area contributed by atoms with E-state index in [4.69, 9.17) is 0 Å². The Morgan fingerprint density at radius 1 is 1.29 bits per heavy atom. The number of hydrogen-bond donors (Lipinski definition) is 2. The van der Waals surface area contributed by atoms with E-state index in [-0.39, 0.29) is 5.91 Å². The second-order valence-corrected chi connectivity index (χ2v) is 3.89. The lowest BCUT2D eigenvalue weighted by Gasteiger charge is -2.18. The lowest BCUT2D eigenvalue weighted by molar-refractivity contribution is -0.116. The van der Waals surface area contributed by atoms with E-state index in [1.807, 2.05) is 0 Å². The Bertz CT molecular complexity index is 443. The molecule has 2 N–H and O–H groups in total. The summed E-state index contributed by atoms with van der Waals surface area (Å²) in [5.41, 5.74) is 1.95. The molecule has 1 heterocycles. The summed E-state index contributed by atoms with van der Waals surface area (Å²) in [6.07, 6.45) is -3.30. The van der Waals surface area contributed by atoms with Gasteiger partial charge in [-0.15, -0.1) is 0 Å². The summed E-state index contributed by atoms with van der Waals surface area (Å²) in [6, 6.07) is 4.78. The van der Waals surface area contributed by atoms with Crippen molar-refractivity contribution in [2.45, 2.75) is 19.0 Å². The zero-order valence-corrected chi connectivity index (χ0v) is 8.90. The lowest BCUT2D eigenvalue weighted by atomic mass is 10.0. The molecule has 0 atom stereocenters. The third-order valence-electron chi connectivity index (χ3n) is 2.49. The van der Waals surface area contributed by atoms with Crippen LogP contribution in [0, 0.1) is 0 Å². The highest BCUT2D eigenvalue weighted by Crippen LogP contribution is 2.26. The molecule has 2 rings (SSSR count). The third-order valence-corrected chi connectivity index (χ3v) is 2.49. The SMILES string of the molecule is O=C1CCc2cc(NCC(F)(F)F)ccc2N1. The summed E-state index contributed by atoms with van der Waals surface area (Å²) in [5, 5.41) is 4.98. The van der Waals surface area contributed by atoms with Crippen molar-refractivity contribution in [3.8, 4) is 0 Å². The highest BCUT2D eigenvalue weighted by molar-refractivity contribution is 5.94. The van der Waals surface area contributed by atoms with E-state index in [0.717, 1.165) is 5.56 Å². The van der Waals surface area contributed by atoms with Crippen LogP contribution in [0.1, 0.15) is 12.0 Å². The van der Waals surface area contributed by atoms with E-state index in [1.165, 1.54) is 6.07 Å². The number of nitrogens with one attached hydrogen (secondary N) is 2. The van der Waals surface area contributed by atoms with Crippen LogP contribution in [0.15, 0.2) is 18.2 Å². The van der Waals surface area contributed by atoms with E-state index in [0.29, 0.717) is 24.2 Å². The topological polar surface area (TPSA) is 41.1 Å². The quantitative estimate of drug-likeness (QED) is 0.839. The van der Waals surface area contributed by atoms with Gasteiger partial charge in [-0.3, -0.25) is 4.79 Å². The summed E-state index contributed by atoms with van der Waals surface area (Å²) in [4.78, 5) is 11.1. The van der Waals surface area contributed by atoms with E-state index in [9.17, 15) is 18.0 Å². The molecule has 0 fully saturated rings. The van der Waals surface area contributed by atoms with Gasteiger partial charge in [0.1, 0.15) is 6.54 Å². The Hall–Kier alpha value is -1.72. The zero-order valence-electron chi connectivity index (χ0n) is 8.90. The molecular weight excluding hydrogens is 233 g/mol. The molecule has 1 amide bonds. The number of halogens is 3. The lowest BCUT2D eigenvalue weighted by Crippen LogP contribution is -2.22. The molecule has 0 spiro atoms. The number of amides is 1. The number of hydrogen-bond acceptors (Lipinski definition) is 2. The van der Waals surface area contributed by atoms with Crippen molar-refractivity contribution in [1.82, 2.24) is 0 Å². The maximum atomic E-state index is 12.0. The molecule has 0 unspecified atom stereocenters. The standard InChI is InChI=1S/C11H11F3N2O/c12-11(13,14)6-15-8-2-3-9-7(5-8)1-4-10(17)16-9/h2-3,5,15H,1,4,6H2,(H,16,17). The van der Waals surface area contributed by atoms with Gasteiger partial charge in [-0.1, -0.05) is 0 Å². The van der Waals surface area contributed by atoms with E-state index in [2.05, 4.69) is 10.6 Å². The van der Waals surface area contributed by atoms with Gasteiger partial charge < -0.3 is 10.6 Å². The van der Waals surface area contributed by atoms with Crippen molar-refractivity contribution in [2.24, 2.45) is 0 Å². The van der Waals surface area contributed by atoms with Gasteiger partial charge in [-0.05, 0) is 30.2 Å². The van der Waals surface area contributed by atoms with Crippen LogP contribution in [0.3, 0.4) is 0 Å². The minimum Gasteiger partial charge on any atom is -0.376 e. The van der Waals surface area contributed by atoms with E-state index >= 15 is 0 Å². The van der Waals surface area contributed by atoms with Crippen LogP contribution in [0.2, 0.25) is 0 Å². The molecule has 1 aliphatic rings. The fraction of sp³-hybridized carbons (Fsp3) is 0.364. The Kier molecular flexibility index (Phi) is 2.95. The highest BCUT2D eigenvalue weighted by Gasteiger charge is 2.26. The Balaban J connectivity index is 2.09. The van der Waals surface area contributed by atoms with Crippen LogP contribution in [0.5, 0.6) is 0 Å². The fourth-order valence-corrected chi connectivity index (χ4v) is 1.70. The van der Waals surface area contributed by atoms with E-state index in [1.54, 1.807) is 12.1 Å². The Morgan fingerprint density at radius 2 is 2.06 bits per heavy atom. The molecule has 0 saturated heterocycles. The van der Waals surface area contributed by atoms with Crippen LogP contribution in [-0.2, 0) is 11.2 Å². The highest BCUT2D eigenvalue weighted by atomic mass is 19.4. The summed E-state index contributed by atoms with van der Waals surface area (Å²) in [6.45, 7) is -1.06. The smallest absolute Gasteiger partial charge is 0.376 e. The maximum Gasteiger partial charge on any atom is 0.405 e. The average molecular weight is 244 g/mol. The van der Waals surface area contributed by atoms with Crippen LogP contribution < -0.4 is 10.6 Å². The molecule has 0 aliphatic carbocycles. The minimum atomic E-state index is -4.23. The van der Waals surface area contributed by atoms with Crippen LogP contribution in [-0.4, -0.2) is 18.6 Å². The van der Waals surface area contributed by atoms with Gasteiger partial charge in [0.25, 0.3) is 0 Å². The number of carbonyl (C=O) groups excluding carboxylic acids is 1. The summed E-state index contributed by atoms with van der Waals surface area (Å²) in [7, 11) is 0. The molecule has 6 heteroatoms. The first-order valence-corrected chi connectivity index (χ1v) is 5.17. The number of rotatable bonds is 2. The van der Waals surface area contributed by atoms with Crippen molar-refractivity contribution in [2.75, 3.05) is 17.2 Å². The molecule has 17 heavy (non-hydrogen) atoms. The molecule has 1 aliphatic heterocycles. The van der Waals surface area contributed by atoms with Gasteiger partial charge in [0.2, 0.25) is 5.91 Å². The van der Waals surface area contributed by atoms with Crippen LogP contribution >= 0.6 is 0 Å². The summed E-state index contributed by atoms with van der Waals surface area (Å²) >= 11 is 0. The number of anilines is 2. The predicted molar refractivity (Wildman–Crippen MR) is 57.9 cm³/mol. The van der Waals surface area contributed by atoms with Crippen molar-refractivity contribution >= 4 is 17.3 Å². The number of benzene rings is 1. The van der Waals surface area contributed by atoms with Gasteiger partial charge >= 0.3 is 6.18 Å². The molecule has 1 aromatic rings. The Morgan fingerprint density at radius 3 is 2.76 bits per heavy atom. The van der Waals surface area contributed by atoms with Crippen molar-refractivity contribution < 1.29 is 18.0 Å². The van der Waals surface area contributed by atoms with Crippen molar-refractivity contribution in [3.05, 3.63) is 23.8 Å². The molecule has 3 nitrogen and oxygen atoms in total. The largest absolute Gasteiger partial charge is 0.405 e. The number of aryl methyl sites for hydroxylation is 1. The first kappa shape index (κ1) is 11.8. The predicted octanol–water partition coefficient (Wildman–Crippen LogP) is 2.55. The normalized spacial score (nSPS) is 15.1. The van der Waals surface area contributed by atoms with Crippen LogP contribution in [0.25, 0.3) is 0 Å². The second-order valence-electron chi connectivity index (χ2n) is 3.89. The molecule has 1 aromatic carbocycles. The van der Waals surface area contributed by atoms with Gasteiger partial charge in [0.15, 0.2) is 0 Å². The van der Waals surface area contributed by atoms with E-state index < -0.39 is 12.7 Å². The minimum absolute atomic E-state index is 0.0616. The van der Waals surface area contributed by atoms with Gasteiger partial charge in [0.05, 0.1) is 0 Å².